The number of amides is 2. The molecule has 0 saturated carbocycles. The summed E-state index contributed by atoms with van der Waals surface area (Å²) in [4.78, 5) is 14.6. The maximum atomic E-state index is 13.3. The summed E-state index contributed by atoms with van der Waals surface area (Å²) in [7, 11) is -0.453. The zero-order valence-corrected chi connectivity index (χ0v) is 26.1. The minimum absolute atomic E-state index is 0.0411. The Morgan fingerprint density at radius 3 is 1.08 bits per heavy atom. The van der Waals surface area contributed by atoms with E-state index in [9.17, 15) is 57.5 Å². The van der Waals surface area contributed by atoms with Crippen molar-refractivity contribution in [2.45, 2.75) is 24.7 Å². The van der Waals surface area contributed by atoms with Crippen LogP contribution in [0.5, 0.6) is 17.2 Å². The van der Waals surface area contributed by atoms with Gasteiger partial charge >= 0.3 is 39.3 Å². The van der Waals surface area contributed by atoms with Crippen molar-refractivity contribution >= 4 is 26.0 Å². The molecule has 0 radical (unpaired) electrons. The van der Waals surface area contributed by atoms with Crippen molar-refractivity contribution in [2.75, 3.05) is 23.9 Å². The van der Waals surface area contributed by atoms with Crippen LogP contribution >= 0.6 is 8.60 Å². The maximum absolute atomic E-state index is 13.3. The van der Waals surface area contributed by atoms with Crippen molar-refractivity contribution in [1.29, 1.82) is 0 Å². The van der Waals surface area contributed by atoms with E-state index in [4.69, 9.17) is 13.6 Å². The van der Waals surface area contributed by atoms with E-state index in [0.29, 0.717) is 41.3 Å². The normalized spacial score (nSPS) is 12.5. The second kappa shape index (κ2) is 14.2. The van der Waals surface area contributed by atoms with Gasteiger partial charge in [0.05, 0.1) is 22.3 Å². The molecule has 0 atom stereocenters. The van der Waals surface area contributed by atoms with E-state index in [1.165, 1.54) is 31.3 Å². The fourth-order valence-electron chi connectivity index (χ4n) is 4.03. The van der Waals surface area contributed by atoms with Crippen molar-refractivity contribution in [3.05, 3.63) is 113 Å². The molecule has 0 unspecified atom stereocenters. The molecular weight excluding hydrogens is 723 g/mol. The summed E-state index contributed by atoms with van der Waals surface area (Å²) >= 11 is 0. The second-order valence-corrected chi connectivity index (χ2v) is 11.2. The molecule has 4 rings (SSSR count). The predicted molar refractivity (Wildman–Crippen MR) is 157 cm³/mol. The number of carbonyl (C=O) groups excluding carboxylic acids is 1. The molecule has 0 aliphatic heterocycles. The van der Waals surface area contributed by atoms with Crippen LogP contribution in [0.15, 0.2) is 91.0 Å². The van der Waals surface area contributed by atoms with Crippen LogP contribution in [0.2, 0.25) is 0 Å². The zero-order valence-electron chi connectivity index (χ0n) is 25.2. The van der Waals surface area contributed by atoms with Gasteiger partial charge in [0.2, 0.25) is 0 Å². The Kier molecular flexibility index (Phi) is 10.8. The van der Waals surface area contributed by atoms with Crippen LogP contribution in [0.4, 0.5) is 68.9 Å². The first-order valence-electron chi connectivity index (χ1n) is 13.6. The summed E-state index contributed by atoms with van der Waals surface area (Å²) in [5.41, 5.74) is -5.86. The number of hydrogen-bond acceptors (Lipinski definition) is 4. The molecule has 50 heavy (non-hydrogen) atoms. The summed E-state index contributed by atoms with van der Waals surface area (Å²) < 4.78 is 175. The van der Waals surface area contributed by atoms with Gasteiger partial charge in [-0.1, -0.05) is 0 Å². The van der Waals surface area contributed by atoms with Gasteiger partial charge in [-0.3, -0.25) is 9.80 Å². The minimum atomic E-state index is -5.15. The summed E-state index contributed by atoms with van der Waals surface area (Å²) in [6.45, 7) is 0. The Balaban J connectivity index is 1.54. The van der Waals surface area contributed by atoms with Crippen LogP contribution in [-0.2, 0) is 24.7 Å². The van der Waals surface area contributed by atoms with Gasteiger partial charge in [-0.05, 0) is 91.0 Å². The lowest BCUT2D eigenvalue weighted by atomic mass is 10.1. The number of carbonyl (C=O) groups is 1. The highest BCUT2D eigenvalue weighted by Gasteiger charge is 2.38. The maximum Gasteiger partial charge on any atom is 0.530 e. The summed E-state index contributed by atoms with van der Waals surface area (Å²) in [6.07, 6.45) is -19.6. The smallest absolute Gasteiger partial charge is 0.409 e. The first-order valence-corrected chi connectivity index (χ1v) is 14.7. The number of halogens is 12. The Bertz CT molecular complexity index is 1680. The first kappa shape index (κ1) is 38.0. The van der Waals surface area contributed by atoms with E-state index < -0.39 is 67.3 Å². The van der Waals surface area contributed by atoms with Gasteiger partial charge in [0.1, 0.15) is 17.2 Å². The quantitative estimate of drug-likeness (QED) is 0.133. The van der Waals surface area contributed by atoms with Gasteiger partial charge < -0.3 is 13.6 Å². The third-order valence-electron chi connectivity index (χ3n) is 6.66. The highest BCUT2D eigenvalue weighted by molar-refractivity contribution is 7.43. The van der Waals surface area contributed by atoms with E-state index in [-0.39, 0.29) is 29.0 Å². The summed E-state index contributed by atoms with van der Waals surface area (Å²) in [5.74, 6) is -0.367. The average molecular weight is 744 g/mol. The molecule has 4 aromatic carbocycles. The van der Waals surface area contributed by atoms with Crippen molar-refractivity contribution in [1.82, 2.24) is 0 Å². The highest BCUT2D eigenvalue weighted by Crippen LogP contribution is 2.44. The topological polar surface area (TPSA) is 51.2 Å². The molecule has 19 heteroatoms. The number of urea groups is 1. The number of nitrogens with zero attached hydrogens (tertiary/aromatic N) is 2. The first-order chi connectivity index (χ1) is 23.0. The lowest BCUT2D eigenvalue weighted by molar-refractivity contribution is -0.143. The van der Waals surface area contributed by atoms with Gasteiger partial charge in [-0.2, -0.15) is 52.7 Å². The van der Waals surface area contributed by atoms with Crippen LogP contribution in [0.1, 0.15) is 22.3 Å². The van der Waals surface area contributed by atoms with Crippen LogP contribution in [0.3, 0.4) is 0 Å². The van der Waals surface area contributed by atoms with Crippen LogP contribution in [0.25, 0.3) is 0 Å². The molecule has 0 aliphatic carbocycles. The fourth-order valence-corrected chi connectivity index (χ4v) is 5.03. The van der Waals surface area contributed by atoms with Crippen LogP contribution in [0, 0.1) is 0 Å². The monoisotopic (exact) mass is 744 g/mol. The van der Waals surface area contributed by atoms with Crippen molar-refractivity contribution in [3.63, 3.8) is 0 Å². The Morgan fingerprint density at radius 1 is 0.460 bits per heavy atom. The van der Waals surface area contributed by atoms with Crippen LogP contribution < -0.4 is 23.4 Å². The Morgan fingerprint density at radius 2 is 0.760 bits per heavy atom. The van der Waals surface area contributed by atoms with Crippen molar-refractivity contribution in [3.8, 4) is 17.2 Å². The van der Waals surface area contributed by atoms with Gasteiger partial charge in [0.15, 0.2) is 0 Å². The highest BCUT2D eigenvalue weighted by atomic mass is 31.2. The molecule has 0 bridgehead atoms. The minimum Gasteiger partial charge on any atom is -0.409 e. The lowest BCUT2D eigenvalue weighted by Crippen LogP contribution is -2.39. The Labute approximate surface area is 276 Å². The molecule has 268 valence electrons. The van der Waals surface area contributed by atoms with E-state index in [1.807, 2.05) is 0 Å². The molecule has 6 nitrogen and oxygen atoms in total. The molecule has 0 saturated heterocycles. The molecule has 0 N–H and O–H groups in total. The number of hydrogen-bond donors (Lipinski definition) is 0. The number of anilines is 2. The molecule has 0 aliphatic rings. The van der Waals surface area contributed by atoms with Crippen molar-refractivity contribution in [2.24, 2.45) is 0 Å². The van der Waals surface area contributed by atoms with Gasteiger partial charge in [-0.25, -0.2) is 4.79 Å². The summed E-state index contributed by atoms with van der Waals surface area (Å²) in [6, 6.07) is 11.3. The third kappa shape index (κ3) is 9.64. The average Bonchev–Trinajstić information content (AvgIpc) is 3.02. The number of alkyl halides is 12. The second-order valence-electron chi connectivity index (χ2n) is 10.2. The molecule has 0 spiro atoms. The number of benzene rings is 4. The van der Waals surface area contributed by atoms with Gasteiger partial charge in [0.25, 0.3) is 0 Å². The van der Waals surface area contributed by atoms with E-state index in [1.54, 1.807) is 0 Å². The number of rotatable bonds is 8. The largest absolute Gasteiger partial charge is 0.530 e. The molecule has 2 amide bonds. The fraction of sp³-hybridized carbons (Fsp3) is 0.194. The van der Waals surface area contributed by atoms with E-state index in [2.05, 4.69) is 0 Å². The van der Waals surface area contributed by atoms with Gasteiger partial charge in [-0.15, -0.1) is 0 Å². The SMILES string of the molecule is CN(C(=O)N(C)c1cc(C(F)(F)F)cc(C(F)(F)F)c1)c1ccc(OP(Oc2ccc(C(F)(F)F)cc2)Oc2ccc(C(F)(F)F)cc2)cc1. The molecular formula is C31H21F12N2O4P. The predicted octanol–water partition coefficient (Wildman–Crippen LogP) is 11.2. The molecule has 4 aromatic rings. The lowest BCUT2D eigenvalue weighted by Gasteiger charge is -2.26. The third-order valence-corrected chi connectivity index (χ3v) is 7.74. The standard InChI is InChI=1S/C31H21F12N2O4P/c1-44(27(46)45(2)23-16-20(30(38,39)40)15-21(17-23)31(41,42)43)22-7-13-26(14-8-22)49-50(47-24-9-3-18(4-10-24)28(32,33)34)48-25-11-5-19(6-12-25)29(35,36)37/h3-17H,1-2H3. The van der Waals surface area contributed by atoms with Gasteiger partial charge in [0, 0.05) is 25.5 Å². The van der Waals surface area contributed by atoms with E-state index >= 15 is 0 Å². The zero-order chi connectivity index (χ0) is 37.2. The Hall–Kier alpha value is -4.86. The van der Waals surface area contributed by atoms with Crippen molar-refractivity contribution < 1.29 is 71.1 Å². The summed E-state index contributed by atoms with van der Waals surface area (Å²) in [5, 5.41) is 0. The molecule has 0 aromatic heterocycles. The molecule has 0 heterocycles. The molecule has 0 fully saturated rings. The van der Waals surface area contributed by atoms with E-state index in [0.717, 1.165) is 36.2 Å². The van der Waals surface area contributed by atoms with Crippen LogP contribution in [-0.4, -0.2) is 20.1 Å².